The molecule has 2 aromatic carbocycles. The van der Waals surface area contributed by atoms with Gasteiger partial charge in [0.25, 0.3) is 0 Å². The van der Waals surface area contributed by atoms with Crippen LogP contribution in [0, 0.1) is 11.7 Å². The van der Waals surface area contributed by atoms with E-state index in [2.05, 4.69) is 33.4 Å². The van der Waals surface area contributed by atoms with Crippen LogP contribution >= 0.6 is 15.9 Å². The zero-order chi connectivity index (χ0) is 14.1. The molecule has 0 saturated carbocycles. The predicted octanol–water partition coefficient (Wildman–Crippen LogP) is 3.94. The zero-order valence-corrected chi connectivity index (χ0v) is 12.3. The van der Waals surface area contributed by atoms with E-state index in [0.29, 0.717) is 10.2 Å². The number of rotatable bonds is 2. The molecular formula is C16H13BrFNO. The summed E-state index contributed by atoms with van der Waals surface area (Å²) in [5.74, 6) is -0.506. The molecule has 3 rings (SSSR count). The van der Waals surface area contributed by atoms with Crippen molar-refractivity contribution in [3.8, 4) is 0 Å². The first-order valence-electron chi connectivity index (χ1n) is 6.46. The summed E-state index contributed by atoms with van der Waals surface area (Å²) in [6, 6.07) is 12.4. The van der Waals surface area contributed by atoms with Crippen LogP contribution in [0.25, 0.3) is 0 Å². The minimum Gasteiger partial charge on any atom is -0.325 e. The molecule has 4 heteroatoms. The summed E-state index contributed by atoms with van der Waals surface area (Å²) in [6.45, 7) is 0. The SMILES string of the molecule is O=C(Nc1cc(F)ccc1Br)C1Cc2ccccc2C1. The van der Waals surface area contributed by atoms with Crippen molar-refractivity contribution in [2.75, 3.05) is 5.32 Å². The molecule has 20 heavy (non-hydrogen) atoms. The highest BCUT2D eigenvalue weighted by Crippen LogP contribution is 2.29. The standard InChI is InChI=1S/C16H13BrFNO/c17-14-6-5-13(18)9-15(14)19-16(20)12-7-10-3-1-2-4-11(10)8-12/h1-6,9,12H,7-8H2,(H,19,20). The second kappa shape index (κ2) is 5.37. The topological polar surface area (TPSA) is 29.1 Å². The van der Waals surface area contributed by atoms with E-state index in [1.54, 1.807) is 6.07 Å². The van der Waals surface area contributed by atoms with Gasteiger partial charge in [0.2, 0.25) is 5.91 Å². The quantitative estimate of drug-likeness (QED) is 0.886. The summed E-state index contributed by atoms with van der Waals surface area (Å²) in [5.41, 5.74) is 2.93. The van der Waals surface area contributed by atoms with Gasteiger partial charge in [-0.15, -0.1) is 0 Å². The number of nitrogens with one attached hydrogen (secondary N) is 1. The number of carbonyl (C=O) groups excluding carboxylic acids is 1. The molecule has 0 fully saturated rings. The van der Waals surface area contributed by atoms with Gasteiger partial charge in [-0.1, -0.05) is 24.3 Å². The number of halogens is 2. The van der Waals surface area contributed by atoms with Gasteiger partial charge in [0.15, 0.2) is 0 Å². The summed E-state index contributed by atoms with van der Waals surface area (Å²) in [4.78, 5) is 12.3. The van der Waals surface area contributed by atoms with Crippen molar-refractivity contribution in [2.24, 2.45) is 5.92 Å². The van der Waals surface area contributed by atoms with E-state index in [1.807, 2.05) is 12.1 Å². The first-order chi connectivity index (χ1) is 9.63. The van der Waals surface area contributed by atoms with Crippen LogP contribution in [0.2, 0.25) is 0 Å². The number of hydrogen-bond acceptors (Lipinski definition) is 1. The number of amides is 1. The van der Waals surface area contributed by atoms with Gasteiger partial charge in [0, 0.05) is 10.4 Å². The maximum atomic E-state index is 13.2. The van der Waals surface area contributed by atoms with E-state index in [0.717, 1.165) is 12.8 Å². The number of carbonyl (C=O) groups is 1. The van der Waals surface area contributed by atoms with E-state index >= 15 is 0 Å². The third-order valence-electron chi connectivity index (χ3n) is 3.61. The molecule has 1 aliphatic rings. The summed E-state index contributed by atoms with van der Waals surface area (Å²) < 4.78 is 13.9. The molecule has 0 atom stereocenters. The molecule has 1 amide bonds. The van der Waals surface area contributed by atoms with Gasteiger partial charge < -0.3 is 5.32 Å². The van der Waals surface area contributed by atoms with E-state index in [4.69, 9.17) is 0 Å². The van der Waals surface area contributed by atoms with Crippen molar-refractivity contribution in [3.05, 3.63) is 63.9 Å². The van der Waals surface area contributed by atoms with Gasteiger partial charge in [-0.05, 0) is 58.1 Å². The Morgan fingerprint density at radius 2 is 1.80 bits per heavy atom. The van der Waals surface area contributed by atoms with Crippen LogP contribution in [0.1, 0.15) is 11.1 Å². The molecule has 2 nitrogen and oxygen atoms in total. The molecule has 0 saturated heterocycles. The van der Waals surface area contributed by atoms with Crippen molar-refractivity contribution < 1.29 is 9.18 Å². The smallest absolute Gasteiger partial charge is 0.228 e. The molecule has 1 aliphatic carbocycles. The zero-order valence-electron chi connectivity index (χ0n) is 10.7. The molecule has 0 unspecified atom stereocenters. The van der Waals surface area contributed by atoms with Crippen LogP contribution in [0.5, 0.6) is 0 Å². The Morgan fingerprint density at radius 3 is 2.45 bits per heavy atom. The van der Waals surface area contributed by atoms with Crippen molar-refractivity contribution in [3.63, 3.8) is 0 Å². The number of benzene rings is 2. The van der Waals surface area contributed by atoms with Crippen LogP contribution < -0.4 is 5.32 Å². The van der Waals surface area contributed by atoms with E-state index in [-0.39, 0.29) is 17.6 Å². The molecule has 102 valence electrons. The lowest BCUT2D eigenvalue weighted by atomic mass is 10.1. The van der Waals surface area contributed by atoms with Crippen molar-refractivity contribution >= 4 is 27.5 Å². The summed E-state index contributed by atoms with van der Waals surface area (Å²) in [5, 5.41) is 2.80. The number of fused-ring (bicyclic) bond motifs is 1. The number of anilines is 1. The molecule has 0 aliphatic heterocycles. The van der Waals surface area contributed by atoms with Crippen molar-refractivity contribution in [1.29, 1.82) is 0 Å². The van der Waals surface area contributed by atoms with E-state index in [1.165, 1.54) is 23.3 Å². The van der Waals surface area contributed by atoms with E-state index < -0.39 is 0 Å². The fourth-order valence-electron chi connectivity index (χ4n) is 2.57. The van der Waals surface area contributed by atoms with E-state index in [9.17, 15) is 9.18 Å². The average Bonchev–Trinajstić information content (AvgIpc) is 2.87. The number of hydrogen-bond donors (Lipinski definition) is 1. The van der Waals surface area contributed by atoms with Gasteiger partial charge in [0.05, 0.1) is 5.69 Å². The fourth-order valence-corrected chi connectivity index (χ4v) is 2.92. The fraction of sp³-hybridized carbons (Fsp3) is 0.188. The Kier molecular flexibility index (Phi) is 3.57. The minimum absolute atomic E-state index is 0.0625. The Hall–Kier alpha value is -1.68. The van der Waals surface area contributed by atoms with Crippen LogP contribution in [0.3, 0.4) is 0 Å². The minimum atomic E-state index is -0.363. The highest BCUT2D eigenvalue weighted by Gasteiger charge is 2.27. The highest BCUT2D eigenvalue weighted by molar-refractivity contribution is 9.10. The van der Waals surface area contributed by atoms with Crippen LogP contribution in [0.15, 0.2) is 46.9 Å². The normalized spacial score (nSPS) is 14.1. The van der Waals surface area contributed by atoms with Crippen LogP contribution in [0.4, 0.5) is 10.1 Å². The van der Waals surface area contributed by atoms with Gasteiger partial charge in [-0.3, -0.25) is 4.79 Å². The second-order valence-electron chi connectivity index (χ2n) is 4.99. The Morgan fingerprint density at radius 1 is 1.15 bits per heavy atom. The second-order valence-corrected chi connectivity index (χ2v) is 5.84. The maximum absolute atomic E-state index is 13.2. The van der Waals surface area contributed by atoms with Gasteiger partial charge in [-0.25, -0.2) is 4.39 Å². The first-order valence-corrected chi connectivity index (χ1v) is 7.25. The molecule has 1 N–H and O–H groups in total. The molecule has 2 aromatic rings. The summed E-state index contributed by atoms with van der Waals surface area (Å²) in [7, 11) is 0. The molecule has 0 spiro atoms. The molecule has 0 bridgehead atoms. The van der Waals surface area contributed by atoms with Crippen LogP contribution in [-0.4, -0.2) is 5.91 Å². The molecule has 0 radical (unpaired) electrons. The van der Waals surface area contributed by atoms with Crippen molar-refractivity contribution in [2.45, 2.75) is 12.8 Å². The largest absolute Gasteiger partial charge is 0.325 e. The molecule has 0 aromatic heterocycles. The maximum Gasteiger partial charge on any atom is 0.228 e. The Bertz CT molecular complexity index is 646. The lowest BCUT2D eigenvalue weighted by molar-refractivity contribution is -0.119. The lowest BCUT2D eigenvalue weighted by Gasteiger charge is -2.11. The third kappa shape index (κ3) is 2.61. The molecule has 0 heterocycles. The first kappa shape index (κ1) is 13.3. The molecular weight excluding hydrogens is 321 g/mol. The van der Waals surface area contributed by atoms with Gasteiger partial charge in [-0.2, -0.15) is 0 Å². The van der Waals surface area contributed by atoms with Crippen molar-refractivity contribution in [1.82, 2.24) is 0 Å². The Balaban J connectivity index is 1.74. The Labute approximate surface area is 125 Å². The monoisotopic (exact) mass is 333 g/mol. The third-order valence-corrected chi connectivity index (χ3v) is 4.30. The lowest BCUT2D eigenvalue weighted by Crippen LogP contribution is -2.23. The summed E-state index contributed by atoms with van der Waals surface area (Å²) >= 11 is 3.31. The van der Waals surface area contributed by atoms with Crippen LogP contribution in [-0.2, 0) is 17.6 Å². The highest BCUT2D eigenvalue weighted by atomic mass is 79.9. The summed E-state index contributed by atoms with van der Waals surface area (Å²) in [6.07, 6.45) is 1.49. The van der Waals surface area contributed by atoms with Gasteiger partial charge >= 0.3 is 0 Å². The average molecular weight is 334 g/mol. The predicted molar refractivity (Wildman–Crippen MR) is 80.1 cm³/mol. The van der Waals surface area contributed by atoms with Gasteiger partial charge in [0.1, 0.15) is 5.82 Å².